The van der Waals surface area contributed by atoms with E-state index >= 15 is 0 Å². The molecule has 2 aromatic carbocycles. The lowest BCUT2D eigenvalue weighted by Crippen LogP contribution is -3.09. The Morgan fingerprint density at radius 3 is 2.63 bits per heavy atom. The second kappa shape index (κ2) is 8.97. The Morgan fingerprint density at radius 2 is 1.93 bits per heavy atom. The minimum atomic E-state index is -0.374. The van der Waals surface area contributed by atoms with Crippen molar-refractivity contribution in [2.45, 2.75) is 25.9 Å². The average molecular weight is 472 g/mol. The summed E-state index contributed by atoms with van der Waals surface area (Å²) in [5.41, 5.74) is 2.03. The quantitative estimate of drug-likeness (QED) is 0.538. The van der Waals surface area contributed by atoms with Gasteiger partial charge in [-0.1, -0.05) is 28.1 Å². The number of azo groups is 1. The van der Waals surface area contributed by atoms with Gasteiger partial charge in [0.15, 0.2) is 12.4 Å². The molecule has 30 heavy (non-hydrogen) atoms. The largest absolute Gasteiger partial charge is 0.497 e. The third-order valence-electron chi connectivity index (χ3n) is 5.44. The third kappa shape index (κ3) is 4.39. The molecule has 1 aromatic heterocycles. The normalized spacial score (nSPS) is 14.7. The molecule has 1 fully saturated rings. The van der Waals surface area contributed by atoms with E-state index in [4.69, 9.17) is 4.74 Å². The maximum Gasteiger partial charge on any atom is 0.269 e. The van der Waals surface area contributed by atoms with Gasteiger partial charge in [-0.05, 0) is 35.9 Å². The summed E-state index contributed by atoms with van der Waals surface area (Å²) in [6, 6.07) is 13.0. The van der Waals surface area contributed by atoms with Crippen LogP contribution in [0.2, 0.25) is 0 Å². The van der Waals surface area contributed by atoms with Crippen molar-refractivity contribution in [1.82, 2.24) is 4.57 Å². The van der Waals surface area contributed by atoms with Crippen LogP contribution in [-0.2, 0) is 17.9 Å². The molecular weight excluding hydrogens is 448 g/mol. The molecule has 2 heterocycles. The first-order valence-electron chi connectivity index (χ1n) is 9.97. The van der Waals surface area contributed by atoms with Gasteiger partial charge in [-0.15, -0.1) is 10.2 Å². The SMILES string of the molecule is COc1ccc(CC(=O)N=Nc2c(O)n(C[NH+]3CCCC3)c3ccc(Br)cc23)cc1. The van der Waals surface area contributed by atoms with Gasteiger partial charge in [-0.3, -0.25) is 9.36 Å². The molecule has 3 aromatic rings. The number of methoxy groups -OCH3 is 1. The first-order valence-corrected chi connectivity index (χ1v) is 10.8. The van der Waals surface area contributed by atoms with Gasteiger partial charge in [0.25, 0.3) is 5.91 Å². The van der Waals surface area contributed by atoms with E-state index in [0.29, 0.717) is 12.4 Å². The van der Waals surface area contributed by atoms with Gasteiger partial charge in [0.2, 0.25) is 5.88 Å². The maximum absolute atomic E-state index is 12.3. The number of amides is 1. The molecule has 0 spiro atoms. The first-order chi connectivity index (χ1) is 14.5. The van der Waals surface area contributed by atoms with Crippen LogP contribution in [0.3, 0.4) is 0 Å². The highest BCUT2D eigenvalue weighted by atomic mass is 79.9. The van der Waals surface area contributed by atoms with Gasteiger partial charge in [0, 0.05) is 22.7 Å². The number of nitrogens with one attached hydrogen (secondary N) is 1. The van der Waals surface area contributed by atoms with Crippen molar-refractivity contribution in [2.75, 3.05) is 20.2 Å². The number of likely N-dealkylation sites (tertiary alicyclic amines) is 1. The van der Waals surface area contributed by atoms with Gasteiger partial charge in [-0.2, -0.15) is 0 Å². The summed E-state index contributed by atoms with van der Waals surface area (Å²) >= 11 is 3.48. The van der Waals surface area contributed by atoms with Crippen LogP contribution in [-0.4, -0.2) is 35.8 Å². The Morgan fingerprint density at radius 1 is 1.20 bits per heavy atom. The molecule has 1 amide bonds. The molecule has 0 atom stereocenters. The monoisotopic (exact) mass is 471 g/mol. The number of benzene rings is 2. The summed E-state index contributed by atoms with van der Waals surface area (Å²) < 4.78 is 7.87. The van der Waals surface area contributed by atoms with E-state index in [-0.39, 0.29) is 18.2 Å². The predicted molar refractivity (Wildman–Crippen MR) is 117 cm³/mol. The van der Waals surface area contributed by atoms with Crippen molar-refractivity contribution in [2.24, 2.45) is 10.2 Å². The fraction of sp³-hybridized carbons (Fsp3) is 0.318. The van der Waals surface area contributed by atoms with E-state index < -0.39 is 0 Å². The highest BCUT2D eigenvalue weighted by Crippen LogP contribution is 2.39. The highest BCUT2D eigenvalue weighted by molar-refractivity contribution is 9.10. The maximum atomic E-state index is 12.3. The summed E-state index contributed by atoms with van der Waals surface area (Å²) in [7, 11) is 1.60. The molecule has 0 radical (unpaired) electrons. The van der Waals surface area contributed by atoms with Crippen molar-refractivity contribution in [1.29, 1.82) is 0 Å². The zero-order chi connectivity index (χ0) is 21.1. The Bertz CT molecular complexity index is 1090. The molecule has 1 aliphatic rings. The van der Waals surface area contributed by atoms with Crippen LogP contribution < -0.4 is 9.64 Å². The number of carbonyl (C=O) groups is 1. The van der Waals surface area contributed by atoms with E-state index in [0.717, 1.165) is 39.8 Å². The summed E-state index contributed by atoms with van der Waals surface area (Å²) in [5, 5.41) is 19.7. The smallest absolute Gasteiger partial charge is 0.269 e. The Hall–Kier alpha value is -2.71. The lowest BCUT2D eigenvalue weighted by atomic mass is 10.1. The van der Waals surface area contributed by atoms with Crippen LogP contribution in [0.1, 0.15) is 18.4 Å². The zero-order valence-corrected chi connectivity index (χ0v) is 18.4. The Balaban J connectivity index is 1.59. The van der Waals surface area contributed by atoms with Crippen LogP contribution in [0.15, 0.2) is 57.2 Å². The zero-order valence-electron chi connectivity index (χ0n) is 16.8. The predicted octanol–water partition coefficient (Wildman–Crippen LogP) is 3.61. The number of hydrogen-bond acceptors (Lipinski definition) is 4. The van der Waals surface area contributed by atoms with E-state index in [9.17, 15) is 9.90 Å². The van der Waals surface area contributed by atoms with Crippen molar-refractivity contribution in [3.8, 4) is 11.6 Å². The molecule has 0 saturated carbocycles. The van der Waals surface area contributed by atoms with Crippen LogP contribution in [0.25, 0.3) is 10.9 Å². The van der Waals surface area contributed by atoms with Gasteiger partial charge < -0.3 is 14.7 Å². The summed E-state index contributed by atoms with van der Waals surface area (Å²) in [5.74, 6) is 0.403. The number of ether oxygens (including phenoxy) is 1. The molecule has 0 unspecified atom stereocenters. The number of rotatable bonds is 6. The number of aromatic nitrogens is 1. The number of aromatic hydroxyl groups is 1. The van der Waals surface area contributed by atoms with Crippen molar-refractivity contribution >= 4 is 38.4 Å². The number of halogens is 1. The molecule has 7 nitrogen and oxygen atoms in total. The Labute approximate surface area is 183 Å². The molecule has 156 valence electrons. The topological polar surface area (TPSA) is 80.6 Å². The van der Waals surface area contributed by atoms with E-state index in [1.54, 1.807) is 19.2 Å². The Kier molecular flexibility index (Phi) is 6.15. The molecule has 0 bridgehead atoms. The summed E-state index contributed by atoms with van der Waals surface area (Å²) in [4.78, 5) is 13.8. The number of fused-ring (bicyclic) bond motifs is 1. The van der Waals surface area contributed by atoms with E-state index in [2.05, 4.69) is 26.2 Å². The summed E-state index contributed by atoms with van der Waals surface area (Å²) in [6.07, 6.45) is 2.54. The van der Waals surface area contributed by atoms with Gasteiger partial charge >= 0.3 is 0 Å². The van der Waals surface area contributed by atoms with Crippen LogP contribution >= 0.6 is 15.9 Å². The number of nitrogens with zero attached hydrogens (tertiary/aromatic N) is 3. The van der Waals surface area contributed by atoms with Gasteiger partial charge in [0.05, 0.1) is 32.1 Å². The van der Waals surface area contributed by atoms with Gasteiger partial charge in [0.1, 0.15) is 5.75 Å². The van der Waals surface area contributed by atoms with E-state index in [1.165, 1.54) is 17.7 Å². The van der Waals surface area contributed by atoms with Crippen LogP contribution in [0.4, 0.5) is 5.69 Å². The van der Waals surface area contributed by atoms with Gasteiger partial charge in [-0.25, -0.2) is 0 Å². The lowest BCUT2D eigenvalue weighted by molar-refractivity contribution is -0.910. The number of quaternary nitrogens is 1. The third-order valence-corrected chi connectivity index (χ3v) is 5.93. The molecular formula is C22H24BrN4O3+. The van der Waals surface area contributed by atoms with Crippen LogP contribution in [0.5, 0.6) is 11.6 Å². The minimum Gasteiger partial charge on any atom is -0.497 e. The standard InChI is InChI=1S/C22H23BrN4O3/c1-30-17-7-4-15(5-8-17)12-20(28)24-25-21-18-13-16(23)6-9-19(18)27(22(21)29)14-26-10-2-3-11-26/h4-9,13,29H,2-3,10-12,14H2,1H3/p+1. The number of hydrogen-bond donors (Lipinski definition) is 2. The molecule has 1 saturated heterocycles. The minimum absolute atomic E-state index is 0.0449. The fourth-order valence-corrected chi connectivity index (χ4v) is 4.23. The number of carbonyl (C=O) groups excluding carboxylic acids is 1. The second-order valence-corrected chi connectivity index (χ2v) is 8.41. The van der Waals surface area contributed by atoms with Crippen molar-refractivity contribution in [3.63, 3.8) is 0 Å². The van der Waals surface area contributed by atoms with Crippen molar-refractivity contribution < 1.29 is 19.5 Å². The first kappa shape index (κ1) is 20.6. The molecule has 0 aliphatic carbocycles. The molecule has 4 rings (SSSR count). The fourth-order valence-electron chi connectivity index (χ4n) is 3.87. The van der Waals surface area contributed by atoms with Crippen molar-refractivity contribution in [3.05, 3.63) is 52.5 Å². The van der Waals surface area contributed by atoms with E-state index in [1.807, 2.05) is 34.9 Å². The summed E-state index contributed by atoms with van der Waals surface area (Å²) in [6.45, 7) is 2.85. The molecule has 8 heteroatoms. The molecule has 1 aliphatic heterocycles. The van der Waals surface area contributed by atoms with Crippen LogP contribution in [0, 0.1) is 0 Å². The lowest BCUT2D eigenvalue weighted by Gasteiger charge is -2.14. The average Bonchev–Trinajstić information content (AvgIpc) is 3.34. The second-order valence-electron chi connectivity index (χ2n) is 7.50. The highest BCUT2D eigenvalue weighted by Gasteiger charge is 2.22. The molecule has 2 N–H and O–H groups in total.